The lowest BCUT2D eigenvalue weighted by Gasteiger charge is -2.07. The van der Waals surface area contributed by atoms with E-state index >= 15 is 0 Å². The predicted molar refractivity (Wildman–Crippen MR) is 62.1 cm³/mol. The van der Waals surface area contributed by atoms with Gasteiger partial charge in [0.2, 0.25) is 0 Å². The molecule has 0 bridgehead atoms. The lowest BCUT2D eigenvalue weighted by molar-refractivity contribution is 1.10. The first-order valence-electron chi connectivity index (χ1n) is 4.65. The third-order valence-electron chi connectivity index (χ3n) is 2.29. The van der Waals surface area contributed by atoms with Crippen molar-refractivity contribution in [3.05, 3.63) is 40.6 Å². The van der Waals surface area contributed by atoms with Gasteiger partial charge >= 0.3 is 0 Å². The summed E-state index contributed by atoms with van der Waals surface area (Å²) in [5.74, 6) is 0. The average Bonchev–Trinajstić information content (AvgIpc) is 2.23. The van der Waals surface area contributed by atoms with E-state index in [1.54, 1.807) is 12.4 Å². The number of aromatic amines is 1. The number of H-pyrrole nitrogens is 1. The Bertz CT molecular complexity index is 546. The summed E-state index contributed by atoms with van der Waals surface area (Å²) < 4.78 is 0.506. The Hall–Kier alpha value is -1.55. The van der Waals surface area contributed by atoms with Gasteiger partial charge in [-0.25, -0.2) is 4.98 Å². The molecule has 0 aliphatic heterocycles. The summed E-state index contributed by atoms with van der Waals surface area (Å²) in [7, 11) is 0. The van der Waals surface area contributed by atoms with Crippen LogP contribution in [0.1, 0.15) is 11.1 Å². The van der Waals surface area contributed by atoms with Crippen LogP contribution < -0.4 is 0 Å². The lowest BCUT2D eigenvalue weighted by atomic mass is 10.1. The van der Waals surface area contributed by atoms with Gasteiger partial charge in [-0.3, -0.25) is 4.98 Å². The molecule has 0 unspecified atom stereocenters. The zero-order chi connectivity index (χ0) is 10.8. The van der Waals surface area contributed by atoms with Crippen LogP contribution in [-0.4, -0.2) is 15.0 Å². The number of pyridine rings is 1. The fourth-order valence-corrected chi connectivity index (χ4v) is 1.65. The van der Waals surface area contributed by atoms with Gasteiger partial charge in [0.05, 0.1) is 5.69 Å². The van der Waals surface area contributed by atoms with Crippen molar-refractivity contribution in [2.75, 3.05) is 0 Å². The van der Waals surface area contributed by atoms with E-state index in [4.69, 9.17) is 12.2 Å². The SMILES string of the molecule is Cc1cnccc1-c1[nH]c(=S)ncc1C. The van der Waals surface area contributed by atoms with E-state index in [0.29, 0.717) is 4.77 Å². The molecule has 3 nitrogen and oxygen atoms in total. The molecule has 0 radical (unpaired) electrons. The van der Waals surface area contributed by atoms with Gasteiger partial charge in [-0.1, -0.05) is 0 Å². The van der Waals surface area contributed by atoms with Gasteiger partial charge in [0.1, 0.15) is 0 Å². The predicted octanol–water partition coefficient (Wildman–Crippen LogP) is 2.82. The molecule has 0 aliphatic rings. The molecule has 1 N–H and O–H groups in total. The molecule has 4 heteroatoms. The Labute approximate surface area is 93.2 Å². The van der Waals surface area contributed by atoms with E-state index in [9.17, 15) is 0 Å². The summed E-state index contributed by atoms with van der Waals surface area (Å²) in [5.41, 5.74) is 4.35. The molecule has 0 fully saturated rings. The van der Waals surface area contributed by atoms with Crippen molar-refractivity contribution >= 4 is 12.2 Å². The number of aromatic nitrogens is 3. The molecule has 0 aliphatic carbocycles. The minimum atomic E-state index is 0.506. The van der Waals surface area contributed by atoms with Crippen molar-refractivity contribution in [1.29, 1.82) is 0 Å². The van der Waals surface area contributed by atoms with Crippen molar-refractivity contribution in [3.63, 3.8) is 0 Å². The number of rotatable bonds is 1. The summed E-state index contributed by atoms with van der Waals surface area (Å²) >= 11 is 5.02. The second-order valence-corrected chi connectivity index (χ2v) is 3.82. The normalized spacial score (nSPS) is 10.3. The van der Waals surface area contributed by atoms with Crippen LogP contribution in [0.25, 0.3) is 11.3 Å². The molecule has 2 heterocycles. The van der Waals surface area contributed by atoms with Gasteiger partial charge in [-0.15, -0.1) is 0 Å². The number of nitrogens with zero attached hydrogens (tertiary/aromatic N) is 2. The fourth-order valence-electron chi connectivity index (χ4n) is 1.49. The molecular formula is C11H11N3S. The average molecular weight is 217 g/mol. The van der Waals surface area contributed by atoms with Gasteiger partial charge in [-0.2, -0.15) is 0 Å². The van der Waals surface area contributed by atoms with Gasteiger partial charge in [0, 0.05) is 24.2 Å². The van der Waals surface area contributed by atoms with Gasteiger partial charge in [-0.05, 0) is 43.3 Å². The summed E-state index contributed by atoms with van der Waals surface area (Å²) in [6.07, 6.45) is 5.40. The Balaban J connectivity index is 2.69. The summed E-state index contributed by atoms with van der Waals surface area (Å²) in [6.45, 7) is 4.03. The molecule has 0 saturated heterocycles. The molecule has 2 rings (SSSR count). The highest BCUT2D eigenvalue weighted by Crippen LogP contribution is 2.22. The summed E-state index contributed by atoms with van der Waals surface area (Å²) in [5, 5.41) is 0. The highest BCUT2D eigenvalue weighted by molar-refractivity contribution is 7.71. The van der Waals surface area contributed by atoms with Crippen LogP contribution >= 0.6 is 12.2 Å². The lowest BCUT2D eigenvalue weighted by Crippen LogP contribution is -1.93. The first kappa shape index (κ1) is 9.98. The van der Waals surface area contributed by atoms with E-state index < -0.39 is 0 Å². The molecule has 0 aromatic carbocycles. The highest BCUT2D eigenvalue weighted by atomic mass is 32.1. The maximum Gasteiger partial charge on any atom is 0.197 e. The van der Waals surface area contributed by atoms with Crippen molar-refractivity contribution in [2.45, 2.75) is 13.8 Å². The number of hydrogen-bond donors (Lipinski definition) is 1. The van der Waals surface area contributed by atoms with E-state index in [0.717, 1.165) is 22.4 Å². The molecule has 2 aromatic heterocycles. The van der Waals surface area contributed by atoms with E-state index in [1.807, 2.05) is 26.1 Å². The Morgan fingerprint density at radius 3 is 2.73 bits per heavy atom. The second-order valence-electron chi connectivity index (χ2n) is 3.44. The van der Waals surface area contributed by atoms with Gasteiger partial charge in [0.15, 0.2) is 4.77 Å². The van der Waals surface area contributed by atoms with E-state index in [2.05, 4.69) is 15.0 Å². The van der Waals surface area contributed by atoms with E-state index in [-0.39, 0.29) is 0 Å². The van der Waals surface area contributed by atoms with Crippen LogP contribution in [0, 0.1) is 18.6 Å². The van der Waals surface area contributed by atoms with Crippen LogP contribution in [-0.2, 0) is 0 Å². The first-order chi connectivity index (χ1) is 7.18. The zero-order valence-corrected chi connectivity index (χ0v) is 9.43. The van der Waals surface area contributed by atoms with Crippen molar-refractivity contribution in [3.8, 4) is 11.3 Å². The summed E-state index contributed by atoms with van der Waals surface area (Å²) in [4.78, 5) is 11.2. The van der Waals surface area contributed by atoms with Crippen molar-refractivity contribution in [1.82, 2.24) is 15.0 Å². The van der Waals surface area contributed by atoms with Gasteiger partial charge < -0.3 is 4.98 Å². The number of nitrogens with one attached hydrogen (secondary N) is 1. The van der Waals surface area contributed by atoms with Crippen LogP contribution in [0.5, 0.6) is 0 Å². The largest absolute Gasteiger partial charge is 0.330 e. The Kier molecular flexibility index (Phi) is 2.60. The monoisotopic (exact) mass is 217 g/mol. The topological polar surface area (TPSA) is 41.6 Å². The number of aryl methyl sites for hydroxylation is 2. The maximum absolute atomic E-state index is 5.02. The highest BCUT2D eigenvalue weighted by Gasteiger charge is 2.04. The molecular weight excluding hydrogens is 206 g/mol. The molecule has 0 spiro atoms. The standard InChI is InChI=1S/C11H11N3S/c1-7-5-12-4-3-9(7)10-8(2)6-13-11(15)14-10/h3-6H,1-2H3,(H,13,14,15). The fraction of sp³-hybridized carbons (Fsp3) is 0.182. The van der Waals surface area contributed by atoms with Crippen LogP contribution in [0.4, 0.5) is 0 Å². The maximum atomic E-state index is 5.02. The van der Waals surface area contributed by atoms with Gasteiger partial charge in [0.25, 0.3) is 0 Å². The molecule has 0 amide bonds. The molecule has 76 valence electrons. The minimum absolute atomic E-state index is 0.506. The van der Waals surface area contributed by atoms with Crippen LogP contribution in [0.15, 0.2) is 24.7 Å². The van der Waals surface area contributed by atoms with E-state index in [1.165, 1.54) is 0 Å². The smallest absolute Gasteiger partial charge is 0.197 e. The minimum Gasteiger partial charge on any atom is -0.330 e. The molecule has 2 aromatic rings. The third-order valence-corrected chi connectivity index (χ3v) is 2.50. The molecule has 0 saturated carbocycles. The Morgan fingerprint density at radius 1 is 1.20 bits per heavy atom. The van der Waals surface area contributed by atoms with Crippen LogP contribution in [0.2, 0.25) is 0 Å². The Morgan fingerprint density at radius 2 is 2.00 bits per heavy atom. The van der Waals surface area contributed by atoms with Crippen LogP contribution in [0.3, 0.4) is 0 Å². The second kappa shape index (κ2) is 3.90. The molecule has 0 atom stereocenters. The quantitative estimate of drug-likeness (QED) is 0.747. The number of hydrogen-bond acceptors (Lipinski definition) is 3. The summed E-state index contributed by atoms with van der Waals surface area (Å²) in [6, 6.07) is 1.98. The third kappa shape index (κ3) is 1.94. The van der Waals surface area contributed by atoms with Crippen molar-refractivity contribution < 1.29 is 0 Å². The van der Waals surface area contributed by atoms with Crippen molar-refractivity contribution in [2.24, 2.45) is 0 Å². The molecule has 15 heavy (non-hydrogen) atoms. The first-order valence-corrected chi connectivity index (χ1v) is 5.06. The zero-order valence-electron chi connectivity index (χ0n) is 8.61.